The molecule has 0 aliphatic carbocycles. The number of anilines is 2. The number of nitrogens with two attached hydrogens (primary N) is 1. The highest BCUT2D eigenvalue weighted by atomic mass is 32.2. The second-order valence-electron chi connectivity index (χ2n) is 4.44. The smallest absolute Gasteiger partial charge is 0.237 e. The molecule has 2 aromatic rings. The average Bonchev–Trinajstić information content (AvgIpc) is 2.48. The van der Waals surface area contributed by atoms with Gasteiger partial charge in [-0.15, -0.1) is 11.8 Å². The van der Waals surface area contributed by atoms with Gasteiger partial charge in [0.05, 0.1) is 5.75 Å². The van der Waals surface area contributed by atoms with Crippen molar-refractivity contribution in [3.63, 3.8) is 0 Å². The number of amides is 1. The molecule has 2 aromatic carbocycles. The highest BCUT2D eigenvalue weighted by Crippen LogP contribution is 2.26. The zero-order chi connectivity index (χ0) is 15.2. The van der Waals surface area contributed by atoms with Crippen molar-refractivity contribution >= 4 is 29.0 Å². The number of carbonyl (C=O) groups excluding carboxylic acids is 1. The van der Waals surface area contributed by atoms with E-state index < -0.39 is 0 Å². The molecule has 0 fully saturated rings. The van der Waals surface area contributed by atoms with E-state index in [1.54, 1.807) is 11.0 Å². The monoisotopic (exact) mass is 304 g/mol. The summed E-state index contributed by atoms with van der Waals surface area (Å²) in [4.78, 5) is 14.7. The van der Waals surface area contributed by atoms with Crippen LogP contribution in [-0.2, 0) is 4.79 Å². The third-order valence-electron chi connectivity index (χ3n) is 3.01. The standard InChI is InChI=1S/C16H17FN2OS/c1-2-19(13-6-4-3-5-7-13)16(20)11-21-15-9-8-12(17)10-14(15)18/h3-10H,2,11,18H2,1H3. The summed E-state index contributed by atoms with van der Waals surface area (Å²) < 4.78 is 13.0. The predicted molar refractivity (Wildman–Crippen MR) is 86.0 cm³/mol. The van der Waals surface area contributed by atoms with Crippen molar-refractivity contribution in [2.24, 2.45) is 0 Å². The molecule has 0 aliphatic rings. The number of thioether (sulfide) groups is 1. The Balaban J connectivity index is 2.03. The molecule has 5 heteroatoms. The van der Waals surface area contributed by atoms with Crippen molar-refractivity contribution in [2.45, 2.75) is 11.8 Å². The van der Waals surface area contributed by atoms with E-state index in [0.717, 1.165) is 5.69 Å². The normalized spacial score (nSPS) is 10.4. The van der Waals surface area contributed by atoms with Crippen molar-refractivity contribution in [2.75, 3.05) is 22.9 Å². The fourth-order valence-corrected chi connectivity index (χ4v) is 2.80. The molecule has 1 amide bonds. The van der Waals surface area contributed by atoms with Gasteiger partial charge in [-0.2, -0.15) is 0 Å². The van der Waals surface area contributed by atoms with Gasteiger partial charge in [0, 0.05) is 22.8 Å². The van der Waals surface area contributed by atoms with E-state index in [1.807, 2.05) is 37.3 Å². The van der Waals surface area contributed by atoms with Crippen LogP contribution in [0.4, 0.5) is 15.8 Å². The van der Waals surface area contributed by atoms with Gasteiger partial charge in [0.2, 0.25) is 5.91 Å². The van der Waals surface area contributed by atoms with Crippen LogP contribution in [0.3, 0.4) is 0 Å². The Kier molecular flexibility index (Phi) is 5.22. The Labute approximate surface area is 127 Å². The first-order valence-corrected chi connectivity index (χ1v) is 7.63. The summed E-state index contributed by atoms with van der Waals surface area (Å²) >= 11 is 1.32. The zero-order valence-electron chi connectivity index (χ0n) is 11.8. The second kappa shape index (κ2) is 7.13. The Morgan fingerprint density at radius 1 is 1.24 bits per heavy atom. The summed E-state index contributed by atoms with van der Waals surface area (Å²) in [6.07, 6.45) is 0. The lowest BCUT2D eigenvalue weighted by Crippen LogP contribution is -2.32. The molecular weight excluding hydrogens is 287 g/mol. The lowest BCUT2D eigenvalue weighted by atomic mass is 10.3. The third kappa shape index (κ3) is 3.98. The van der Waals surface area contributed by atoms with E-state index in [1.165, 1.54) is 23.9 Å². The van der Waals surface area contributed by atoms with Crippen LogP contribution in [-0.4, -0.2) is 18.2 Å². The van der Waals surface area contributed by atoms with Crippen LogP contribution in [0.15, 0.2) is 53.4 Å². The SMILES string of the molecule is CCN(C(=O)CSc1ccc(F)cc1N)c1ccccc1. The largest absolute Gasteiger partial charge is 0.398 e. The molecule has 2 rings (SSSR count). The average molecular weight is 304 g/mol. The Morgan fingerprint density at radius 3 is 2.57 bits per heavy atom. The maximum absolute atomic E-state index is 13.0. The van der Waals surface area contributed by atoms with Gasteiger partial charge in [0.25, 0.3) is 0 Å². The molecule has 0 saturated carbocycles. The molecule has 0 saturated heterocycles. The van der Waals surface area contributed by atoms with Crippen LogP contribution in [0.5, 0.6) is 0 Å². The molecule has 21 heavy (non-hydrogen) atoms. The summed E-state index contributed by atoms with van der Waals surface area (Å²) in [5, 5.41) is 0. The number of carbonyl (C=O) groups is 1. The maximum atomic E-state index is 13.0. The Bertz CT molecular complexity index is 619. The molecule has 0 aromatic heterocycles. The number of nitrogen functional groups attached to an aromatic ring is 1. The molecule has 110 valence electrons. The first-order chi connectivity index (χ1) is 10.1. The fraction of sp³-hybridized carbons (Fsp3) is 0.188. The quantitative estimate of drug-likeness (QED) is 0.678. The minimum atomic E-state index is -0.373. The van der Waals surface area contributed by atoms with Crippen LogP contribution in [0.1, 0.15) is 6.92 Å². The van der Waals surface area contributed by atoms with Gasteiger partial charge >= 0.3 is 0 Å². The number of benzene rings is 2. The van der Waals surface area contributed by atoms with Crippen LogP contribution >= 0.6 is 11.8 Å². The summed E-state index contributed by atoms with van der Waals surface area (Å²) in [6.45, 7) is 2.53. The minimum absolute atomic E-state index is 0.00238. The number of rotatable bonds is 5. The zero-order valence-corrected chi connectivity index (χ0v) is 12.6. The van der Waals surface area contributed by atoms with E-state index in [4.69, 9.17) is 5.73 Å². The van der Waals surface area contributed by atoms with E-state index in [9.17, 15) is 9.18 Å². The van der Waals surface area contributed by atoms with Crippen LogP contribution in [0.2, 0.25) is 0 Å². The fourth-order valence-electron chi connectivity index (χ4n) is 1.98. The molecular formula is C16H17FN2OS. The van der Waals surface area contributed by atoms with Crippen LogP contribution < -0.4 is 10.6 Å². The van der Waals surface area contributed by atoms with E-state index >= 15 is 0 Å². The van der Waals surface area contributed by atoms with Gasteiger partial charge in [-0.25, -0.2) is 4.39 Å². The van der Waals surface area contributed by atoms with Crippen molar-refractivity contribution in [1.29, 1.82) is 0 Å². The van der Waals surface area contributed by atoms with E-state index in [0.29, 0.717) is 17.1 Å². The van der Waals surface area contributed by atoms with Crippen LogP contribution in [0, 0.1) is 5.82 Å². The molecule has 0 unspecified atom stereocenters. The highest BCUT2D eigenvalue weighted by molar-refractivity contribution is 8.00. The summed E-state index contributed by atoms with van der Waals surface area (Å²) in [5.74, 6) is -0.112. The molecule has 3 nitrogen and oxygen atoms in total. The van der Waals surface area contributed by atoms with Crippen molar-refractivity contribution < 1.29 is 9.18 Å². The number of hydrogen-bond donors (Lipinski definition) is 1. The molecule has 0 heterocycles. The highest BCUT2D eigenvalue weighted by Gasteiger charge is 2.14. The van der Waals surface area contributed by atoms with Gasteiger partial charge in [-0.05, 0) is 37.3 Å². The minimum Gasteiger partial charge on any atom is -0.398 e. The third-order valence-corrected chi connectivity index (χ3v) is 4.08. The molecule has 2 N–H and O–H groups in total. The van der Waals surface area contributed by atoms with Crippen LogP contribution in [0.25, 0.3) is 0 Å². The topological polar surface area (TPSA) is 46.3 Å². The molecule has 0 radical (unpaired) electrons. The van der Waals surface area contributed by atoms with Gasteiger partial charge in [0.1, 0.15) is 5.82 Å². The van der Waals surface area contributed by atoms with E-state index in [-0.39, 0.29) is 17.5 Å². The first-order valence-electron chi connectivity index (χ1n) is 6.65. The van der Waals surface area contributed by atoms with Gasteiger partial charge in [0.15, 0.2) is 0 Å². The Morgan fingerprint density at radius 2 is 1.95 bits per heavy atom. The molecule has 0 atom stereocenters. The number of hydrogen-bond acceptors (Lipinski definition) is 3. The number of para-hydroxylation sites is 1. The number of nitrogens with zero attached hydrogens (tertiary/aromatic N) is 1. The van der Waals surface area contributed by atoms with E-state index in [2.05, 4.69) is 0 Å². The van der Waals surface area contributed by atoms with Crippen molar-refractivity contribution in [1.82, 2.24) is 0 Å². The summed E-state index contributed by atoms with van der Waals surface area (Å²) in [5.41, 5.74) is 6.97. The Hall–Kier alpha value is -2.01. The second-order valence-corrected chi connectivity index (χ2v) is 5.46. The summed E-state index contributed by atoms with van der Waals surface area (Å²) in [6, 6.07) is 13.7. The van der Waals surface area contributed by atoms with Gasteiger partial charge < -0.3 is 10.6 Å². The molecule has 0 aliphatic heterocycles. The number of halogens is 1. The predicted octanol–water partition coefficient (Wildman–Crippen LogP) is 3.55. The van der Waals surface area contributed by atoms with Crippen molar-refractivity contribution in [3.05, 3.63) is 54.3 Å². The lowest BCUT2D eigenvalue weighted by molar-refractivity contribution is -0.116. The lowest BCUT2D eigenvalue weighted by Gasteiger charge is -2.21. The van der Waals surface area contributed by atoms with Gasteiger partial charge in [-0.1, -0.05) is 18.2 Å². The van der Waals surface area contributed by atoms with Gasteiger partial charge in [-0.3, -0.25) is 4.79 Å². The first kappa shape index (κ1) is 15.4. The maximum Gasteiger partial charge on any atom is 0.237 e. The molecule has 0 bridgehead atoms. The molecule has 0 spiro atoms. The van der Waals surface area contributed by atoms with Crippen molar-refractivity contribution in [3.8, 4) is 0 Å². The summed E-state index contributed by atoms with van der Waals surface area (Å²) in [7, 11) is 0.